The highest BCUT2D eigenvalue weighted by Gasteiger charge is 2.28. The van der Waals surface area contributed by atoms with Crippen molar-refractivity contribution in [3.8, 4) is 33.8 Å². The van der Waals surface area contributed by atoms with Gasteiger partial charge in [-0.2, -0.15) is 20.4 Å². The second kappa shape index (κ2) is 19.1. The number of H-pyrrole nitrogens is 1. The SMILES string of the molecule is CC(Nc1ccn2ncc(-c3cn[nH]c3)c2n1)c1cc(F)ccc1OCC(F)F.CC(Nc1ccn2ncc(-c3cnn(C4CCCC4O)c3)c2n1)c1cc(F)ccc1OCC(F)F. The number of aliphatic hydroxyl groups is 1. The monoisotopic (exact) mass is 888 g/mol. The Bertz CT molecular complexity index is 2820. The second-order valence-electron chi connectivity index (χ2n) is 15.0. The van der Waals surface area contributed by atoms with Gasteiger partial charge in [0.25, 0.3) is 12.9 Å². The first kappa shape index (κ1) is 43.5. The quantitative estimate of drug-likeness (QED) is 0.0727. The summed E-state index contributed by atoms with van der Waals surface area (Å²) in [5, 5.41) is 36.3. The van der Waals surface area contributed by atoms with Crippen molar-refractivity contribution >= 4 is 22.9 Å². The van der Waals surface area contributed by atoms with Gasteiger partial charge in [-0.25, -0.2) is 45.3 Å². The minimum atomic E-state index is -2.64. The van der Waals surface area contributed by atoms with E-state index in [1.54, 1.807) is 83.1 Å². The Kier molecular flexibility index (Phi) is 13.0. The van der Waals surface area contributed by atoms with E-state index in [1.165, 1.54) is 36.4 Å². The maximum Gasteiger partial charge on any atom is 0.272 e. The smallest absolute Gasteiger partial charge is 0.272 e. The number of ether oxygens (including phenoxy) is 2. The fourth-order valence-corrected chi connectivity index (χ4v) is 7.47. The first-order valence-electron chi connectivity index (χ1n) is 20.2. The number of hydrogen-bond acceptors (Lipinski definition) is 11. The number of aromatic amines is 1. The molecule has 9 rings (SSSR count). The zero-order valence-electron chi connectivity index (χ0n) is 34.3. The maximum atomic E-state index is 13.9. The Balaban J connectivity index is 0.000000178. The molecule has 0 amide bonds. The van der Waals surface area contributed by atoms with Crippen LogP contribution in [-0.2, 0) is 0 Å². The molecule has 64 heavy (non-hydrogen) atoms. The van der Waals surface area contributed by atoms with E-state index in [-0.39, 0.29) is 17.5 Å². The summed E-state index contributed by atoms with van der Waals surface area (Å²) in [5.41, 5.74) is 5.23. The molecule has 1 saturated carbocycles. The fourth-order valence-electron chi connectivity index (χ4n) is 7.47. The van der Waals surface area contributed by atoms with E-state index in [2.05, 4.69) is 46.1 Å². The number of halogens is 6. The molecule has 0 radical (unpaired) electrons. The molecule has 21 heteroatoms. The van der Waals surface area contributed by atoms with Crippen molar-refractivity contribution in [3.05, 3.63) is 121 Å². The van der Waals surface area contributed by atoms with Crippen LogP contribution in [0.5, 0.6) is 11.5 Å². The van der Waals surface area contributed by atoms with Crippen LogP contribution in [0.3, 0.4) is 0 Å². The van der Waals surface area contributed by atoms with Crippen molar-refractivity contribution in [3.63, 3.8) is 0 Å². The summed E-state index contributed by atoms with van der Waals surface area (Å²) >= 11 is 0. The van der Waals surface area contributed by atoms with E-state index in [1.807, 2.05) is 6.20 Å². The van der Waals surface area contributed by atoms with E-state index < -0.39 is 55.9 Å². The summed E-state index contributed by atoms with van der Waals surface area (Å²) in [7, 11) is 0. The number of nitrogens with one attached hydrogen (secondary N) is 3. The first-order valence-corrected chi connectivity index (χ1v) is 20.2. The molecule has 6 aromatic heterocycles. The van der Waals surface area contributed by atoms with Gasteiger partial charge < -0.3 is 25.2 Å². The average molecular weight is 889 g/mol. The van der Waals surface area contributed by atoms with E-state index in [4.69, 9.17) is 9.47 Å². The molecule has 4 N–H and O–H groups in total. The largest absolute Gasteiger partial charge is 0.487 e. The Morgan fingerprint density at radius 3 is 1.75 bits per heavy atom. The Hall–Kier alpha value is -7.16. The summed E-state index contributed by atoms with van der Waals surface area (Å²) in [4.78, 5) is 9.25. The predicted octanol–water partition coefficient (Wildman–Crippen LogP) is 8.71. The number of alkyl halides is 4. The van der Waals surface area contributed by atoms with Gasteiger partial charge in [0, 0.05) is 58.2 Å². The van der Waals surface area contributed by atoms with Crippen molar-refractivity contribution in [1.82, 2.24) is 49.2 Å². The molecule has 334 valence electrons. The minimum absolute atomic E-state index is 0.0376. The zero-order chi connectivity index (χ0) is 44.9. The van der Waals surface area contributed by atoms with Gasteiger partial charge in [-0.15, -0.1) is 0 Å². The first-order chi connectivity index (χ1) is 30.9. The molecule has 0 bridgehead atoms. The van der Waals surface area contributed by atoms with Crippen molar-refractivity contribution in [1.29, 1.82) is 0 Å². The molecule has 0 spiro atoms. The third-order valence-corrected chi connectivity index (χ3v) is 10.6. The molecule has 4 atom stereocenters. The Labute approximate surface area is 361 Å². The molecule has 6 heterocycles. The lowest BCUT2D eigenvalue weighted by Gasteiger charge is -2.19. The van der Waals surface area contributed by atoms with Gasteiger partial charge in [-0.3, -0.25) is 9.78 Å². The van der Waals surface area contributed by atoms with Crippen LogP contribution in [0.25, 0.3) is 33.5 Å². The van der Waals surface area contributed by atoms with Gasteiger partial charge >= 0.3 is 0 Å². The summed E-state index contributed by atoms with van der Waals surface area (Å²) in [6.07, 6.45) is 10.8. The number of hydrogen-bond donors (Lipinski definition) is 4. The van der Waals surface area contributed by atoms with E-state index in [0.29, 0.717) is 34.1 Å². The van der Waals surface area contributed by atoms with Crippen molar-refractivity contribution in [2.24, 2.45) is 0 Å². The Morgan fingerprint density at radius 1 is 0.719 bits per heavy atom. The van der Waals surface area contributed by atoms with Crippen LogP contribution in [0.4, 0.5) is 38.0 Å². The number of benzene rings is 2. The second-order valence-corrected chi connectivity index (χ2v) is 15.0. The number of nitrogens with zero attached hydrogens (tertiary/aromatic N) is 9. The molecule has 15 nitrogen and oxygen atoms in total. The standard InChI is InChI=1S/C24H25F3N6O2.C19H17F3N6O/c1-14(17-9-16(25)5-6-21(17)35-13-22(26)27)30-23-7-8-32-24(31-23)18(11-29-32)15-10-28-33(12-15)19-3-2-4-20(19)34;1-11(14-6-13(20)2-3-16(14)29-10-17(21)22)26-18-4-5-28-19(27-18)15(9-25-28)12-7-23-24-8-12/h5-12,14,19-20,22,34H,2-4,13H2,1H3,(H,30,31);2-9,11,17H,10H2,1H3,(H,23,24)(H,26,27). The highest BCUT2D eigenvalue weighted by atomic mass is 19.3. The van der Waals surface area contributed by atoms with Crippen LogP contribution in [0.15, 0.2) is 98.1 Å². The van der Waals surface area contributed by atoms with Crippen LogP contribution in [-0.4, -0.2) is 86.4 Å². The van der Waals surface area contributed by atoms with Gasteiger partial charge in [0.2, 0.25) is 0 Å². The molecule has 0 aliphatic heterocycles. The Morgan fingerprint density at radius 2 is 1.27 bits per heavy atom. The number of aliphatic hydroxyl groups excluding tert-OH is 1. The molecule has 1 aliphatic rings. The van der Waals surface area contributed by atoms with E-state index in [9.17, 15) is 31.4 Å². The van der Waals surface area contributed by atoms with Gasteiger partial charge in [0.1, 0.15) is 48.0 Å². The van der Waals surface area contributed by atoms with Crippen LogP contribution < -0.4 is 20.1 Å². The van der Waals surface area contributed by atoms with Gasteiger partial charge in [0.15, 0.2) is 11.3 Å². The van der Waals surface area contributed by atoms with E-state index >= 15 is 0 Å². The number of anilines is 2. The zero-order valence-corrected chi connectivity index (χ0v) is 34.3. The molecular formula is C43H42F6N12O3. The summed E-state index contributed by atoms with van der Waals surface area (Å²) in [5.74, 6) is 0.396. The third-order valence-electron chi connectivity index (χ3n) is 10.6. The van der Waals surface area contributed by atoms with E-state index in [0.717, 1.165) is 41.5 Å². The lowest BCUT2D eigenvalue weighted by atomic mass is 10.1. The number of fused-ring (bicyclic) bond motifs is 2. The van der Waals surface area contributed by atoms with Gasteiger partial charge in [-0.05, 0) is 81.6 Å². The van der Waals surface area contributed by atoms with Crippen LogP contribution in [0, 0.1) is 11.6 Å². The highest BCUT2D eigenvalue weighted by molar-refractivity contribution is 5.77. The number of aromatic nitrogens is 10. The summed E-state index contributed by atoms with van der Waals surface area (Å²) in [6.45, 7) is 1.99. The average Bonchev–Trinajstić information content (AvgIpc) is 4.14. The lowest BCUT2D eigenvalue weighted by Crippen LogP contribution is -2.18. The maximum absolute atomic E-state index is 13.9. The molecule has 4 unspecified atom stereocenters. The highest BCUT2D eigenvalue weighted by Crippen LogP contribution is 2.34. The minimum Gasteiger partial charge on any atom is -0.487 e. The lowest BCUT2D eigenvalue weighted by molar-refractivity contribution is 0.0810. The van der Waals surface area contributed by atoms with Crippen molar-refractivity contribution < 1.29 is 40.9 Å². The topological polar surface area (TPSA) is 170 Å². The number of rotatable bonds is 15. The molecule has 1 aliphatic carbocycles. The fraction of sp³-hybridized carbons (Fsp3) is 0.302. The van der Waals surface area contributed by atoms with Crippen LogP contribution in [0.1, 0.15) is 62.4 Å². The molecular weight excluding hydrogens is 847 g/mol. The van der Waals surface area contributed by atoms with Crippen LogP contribution in [0.2, 0.25) is 0 Å². The van der Waals surface area contributed by atoms with Crippen LogP contribution >= 0.6 is 0 Å². The molecule has 1 fully saturated rings. The van der Waals surface area contributed by atoms with Crippen molar-refractivity contribution in [2.45, 2.75) is 70.2 Å². The third kappa shape index (κ3) is 9.88. The van der Waals surface area contributed by atoms with Crippen molar-refractivity contribution in [2.75, 3.05) is 23.8 Å². The molecule has 0 saturated heterocycles. The summed E-state index contributed by atoms with van der Waals surface area (Å²) in [6, 6.07) is 10.0. The summed E-state index contributed by atoms with van der Waals surface area (Å²) < 4.78 is 93.3. The molecule has 8 aromatic rings. The van der Waals surface area contributed by atoms with Gasteiger partial charge in [-0.1, -0.05) is 0 Å². The van der Waals surface area contributed by atoms with Gasteiger partial charge in [0.05, 0.1) is 49.0 Å². The molecule has 2 aromatic carbocycles. The normalized spacial score (nSPS) is 16.0. The predicted molar refractivity (Wildman–Crippen MR) is 224 cm³/mol.